The molecular weight excluding hydrogens is 354 g/mol. The van der Waals surface area contributed by atoms with Gasteiger partial charge in [-0.3, -0.25) is 4.79 Å². The number of carbonyl (C=O) groups excluding carboxylic acids is 1. The molecule has 0 saturated heterocycles. The summed E-state index contributed by atoms with van der Waals surface area (Å²) in [7, 11) is -1.70. The molecule has 1 N–H and O–H groups in total. The summed E-state index contributed by atoms with van der Waals surface area (Å²) in [5, 5.41) is 2.82. The first-order valence-electron chi connectivity index (χ1n) is 8.12. The van der Waals surface area contributed by atoms with Gasteiger partial charge < -0.3 is 14.8 Å². The smallest absolute Gasteiger partial charge is 0.265 e. The van der Waals surface area contributed by atoms with Crippen LogP contribution in [0.4, 0.5) is 5.69 Å². The summed E-state index contributed by atoms with van der Waals surface area (Å²) in [5.41, 5.74) is 0.637. The molecule has 1 atom stereocenters. The van der Waals surface area contributed by atoms with Crippen LogP contribution in [0.3, 0.4) is 0 Å². The van der Waals surface area contributed by atoms with Gasteiger partial charge in [0.05, 0.1) is 12.0 Å². The number of nitrogens with one attached hydrogen (secondary N) is 1. The van der Waals surface area contributed by atoms with Crippen LogP contribution in [-0.4, -0.2) is 33.8 Å². The van der Waals surface area contributed by atoms with E-state index in [1.54, 1.807) is 43.5 Å². The minimum absolute atomic E-state index is 0.0807. The maximum Gasteiger partial charge on any atom is 0.265 e. The lowest BCUT2D eigenvalue weighted by Crippen LogP contribution is -2.37. The Kier molecular flexibility index (Phi) is 6.26. The van der Waals surface area contributed by atoms with Gasteiger partial charge in [-0.05, 0) is 54.4 Å². The Hall–Kier alpha value is -2.54. The Morgan fingerprint density at radius 2 is 1.50 bits per heavy atom. The van der Waals surface area contributed by atoms with Crippen LogP contribution >= 0.6 is 0 Å². The van der Waals surface area contributed by atoms with Gasteiger partial charge in [0.15, 0.2) is 15.9 Å². The molecule has 26 heavy (non-hydrogen) atoms. The average Bonchev–Trinajstić information content (AvgIpc) is 2.59. The summed E-state index contributed by atoms with van der Waals surface area (Å²) in [6.45, 7) is 3.76. The first-order chi connectivity index (χ1) is 12.2. The van der Waals surface area contributed by atoms with E-state index in [9.17, 15) is 13.2 Å². The summed E-state index contributed by atoms with van der Waals surface area (Å²) in [6.07, 6.45) is 0.420. The van der Waals surface area contributed by atoms with E-state index in [4.69, 9.17) is 9.47 Å². The number of ether oxygens (including phenoxy) is 2. The van der Waals surface area contributed by atoms with Crippen LogP contribution in [0.15, 0.2) is 53.4 Å². The van der Waals surface area contributed by atoms with Gasteiger partial charge in [0.2, 0.25) is 0 Å². The maximum atomic E-state index is 12.6. The lowest BCUT2D eigenvalue weighted by molar-refractivity contribution is -0.124. The van der Waals surface area contributed by atoms with Crippen molar-refractivity contribution in [3.8, 4) is 11.5 Å². The standard InChI is InChI=1S/C19H23NO5S/c1-13(2)18(19(21)20-14-5-7-15(24-3)8-6-14)25-16-9-11-17(12-10-16)26(4,22)23/h5-13,18H,1-4H3,(H,20,21). The van der Waals surface area contributed by atoms with Crippen molar-refractivity contribution in [2.45, 2.75) is 24.8 Å². The van der Waals surface area contributed by atoms with E-state index < -0.39 is 15.9 Å². The highest BCUT2D eigenvalue weighted by Gasteiger charge is 2.24. The van der Waals surface area contributed by atoms with Crippen molar-refractivity contribution in [2.24, 2.45) is 5.92 Å². The van der Waals surface area contributed by atoms with Crippen LogP contribution in [0, 0.1) is 5.92 Å². The fraction of sp³-hybridized carbons (Fsp3) is 0.316. The van der Waals surface area contributed by atoms with Crippen LogP contribution in [0.2, 0.25) is 0 Å². The van der Waals surface area contributed by atoms with E-state index in [0.717, 1.165) is 6.26 Å². The molecule has 0 spiro atoms. The van der Waals surface area contributed by atoms with Crippen molar-refractivity contribution in [3.05, 3.63) is 48.5 Å². The van der Waals surface area contributed by atoms with Crippen LogP contribution in [0.25, 0.3) is 0 Å². The molecule has 0 saturated carbocycles. The van der Waals surface area contributed by atoms with Gasteiger partial charge in [-0.15, -0.1) is 0 Å². The first-order valence-corrected chi connectivity index (χ1v) is 10.0. The van der Waals surface area contributed by atoms with Crippen molar-refractivity contribution in [1.29, 1.82) is 0 Å². The minimum atomic E-state index is -3.27. The Balaban J connectivity index is 2.10. The van der Waals surface area contributed by atoms with E-state index >= 15 is 0 Å². The number of hydrogen-bond donors (Lipinski definition) is 1. The van der Waals surface area contributed by atoms with Crippen LogP contribution in [0.5, 0.6) is 11.5 Å². The number of rotatable bonds is 7. The number of methoxy groups -OCH3 is 1. The average molecular weight is 377 g/mol. The number of hydrogen-bond acceptors (Lipinski definition) is 5. The van der Waals surface area contributed by atoms with Crippen molar-refractivity contribution < 1.29 is 22.7 Å². The zero-order valence-corrected chi connectivity index (χ0v) is 16.0. The summed E-state index contributed by atoms with van der Waals surface area (Å²) in [5.74, 6) is 0.770. The molecule has 0 aromatic heterocycles. The Morgan fingerprint density at radius 3 is 1.96 bits per heavy atom. The molecule has 0 heterocycles. The third-order valence-corrected chi connectivity index (χ3v) is 4.86. The Morgan fingerprint density at radius 1 is 0.962 bits per heavy atom. The van der Waals surface area contributed by atoms with E-state index in [-0.39, 0.29) is 16.7 Å². The van der Waals surface area contributed by atoms with E-state index in [0.29, 0.717) is 17.2 Å². The van der Waals surface area contributed by atoms with Crippen LogP contribution in [0.1, 0.15) is 13.8 Å². The lowest BCUT2D eigenvalue weighted by Gasteiger charge is -2.22. The molecule has 0 radical (unpaired) electrons. The van der Waals surface area contributed by atoms with Crippen molar-refractivity contribution >= 4 is 21.4 Å². The van der Waals surface area contributed by atoms with Gasteiger partial charge in [0, 0.05) is 11.9 Å². The predicted molar refractivity (Wildman–Crippen MR) is 100 cm³/mol. The number of benzene rings is 2. The molecule has 2 rings (SSSR count). The second kappa shape index (κ2) is 8.23. The van der Waals surface area contributed by atoms with E-state index in [2.05, 4.69) is 5.32 Å². The summed E-state index contributed by atoms with van der Waals surface area (Å²) in [6, 6.07) is 13.0. The van der Waals surface area contributed by atoms with Crippen molar-refractivity contribution in [1.82, 2.24) is 0 Å². The molecule has 7 heteroatoms. The van der Waals surface area contributed by atoms with E-state index in [1.165, 1.54) is 12.1 Å². The van der Waals surface area contributed by atoms with Crippen molar-refractivity contribution in [2.75, 3.05) is 18.7 Å². The number of anilines is 1. The number of amides is 1. The van der Waals surface area contributed by atoms with Gasteiger partial charge in [-0.1, -0.05) is 13.8 Å². The maximum absolute atomic E-state index is 12.6. The first kappa shape index (κ1) is 19.8. The molecule has 1 amide bonds. The van der Waals surface area contributed by atoms with Crippen LogP contribution < -0.4 is 14.8 Å². The van der Waals surface area contributed by atoms with Crippen molar-refractivity contribution in [3.63, 3.8) is 0 Å². The molecule has 0 bridgehead atoms. The molecule has 0 aliphatic carbocycles. The second-order valence-electron chi connectivity index (χ2n) is 6.24. The summed E-state index contributed by atoms with van der Waals surface area (Å²) < 4.78 is 33.9. The Bertz CT molecular complexity index is 843. The molecule has 2 aromatic rings. The number of sulfone groups is 1. The van der Waals surface area contributed by atoms with Gasteiger partial charge in [0.1, 0.15) is 11.5 Å². The third kappa shape index (κ3) is 5.23. The predicted octanol–water partition coefficient (Wildman–Crippen LogP) is 3.14. The minimum Gasteiger partial charge on any atom is -0.497 e. The summed E-state index contributed by atoms with van der Waals surface area (Å²) in [4.78, 5) is 12.8. The van der Waals surface area contributed by atoms with Gasteiger partial charge in [-0.25, -0.2) is 8.42 Å². The fourth-order valence-corrected chi connectivity index (χ4v) is 2.92. The molecule has 2 aromatic carbocycles. The quantitative estimate of drug-likeness (QED) is 0.802. The molecule has 0 aliphatic heterocycles. The molecule has 0 fully saturated rings. The molecular formula is C19H23NO5S. The summed E-state index contributed by atoms with van der Waals surface area (Å²) >= 11 is 0. The zero-order chi connectivity index (χ0) is 19.3. The normalized spacial score (nSPS) is 12.5. The largest absolute Gasteiger partial charge is 0.497 e. The lowest BCUT2D eigenvalue weighted by atomic mass is 10.1. The molecule has 0 aliphatic rings. The zero-order valence-electron chi connectivity index (χ0n) is 15.2. The van der Waals surface area contributed by atoms with Crippen LogP contribution in [-0.2, 0) is 14.6 Å². The SMILES string of the molecule is COc1ccc(NC(=O)C(Oc2ccc(S(C)(=O)=O)cc2)C(C)C)cc1. The van der Waals surface area contributed by atoms with Gasteiger partial charge >= 0.3 is 0 Å². The molecule has 1 unspecified atom stereocenters. The topological polar surface area (TPSA) is 81.7 Å². The molecule has 6 nitrogen and oxygen atoms in total. The monoisotopic (exact) mass is 377 g/mol. The van der Waals surface area contributed by atoms with Gasteiger partial charge in [0.25, 0.3) is 5.91 Å². The van der Waals surface area contributed by atoms with E-state index in [1.807, 2.05) is 13.8 Å². The Labute approximate surface area is 154 Å². The highest BCUT2D eigenvalue weighted by molar-refractivity contribution is 7.90. The highest BCUT2D eigenvalue weighted by atomic mass is 32.2. The third-order valence-electron chi connectivity index (χ3n) is 3.74. The van der Waals surface area contributed by atoms with Gasteiger partial charge in [-0.2, -0.15) is 0 Å². The second-order valence-corrected chi connectivity index (χ2v) is 8.26. The number of carbonyl (C=O) groups is 1. The molecule has 140 valence electrons. The highest BCUT2D eigenvalue weighted by Crippen LogP contribution is 2.21. The fourth-order valence-electron chi connectivity index (χ4n) is 2.29.